The van der Waals surface area contributed by atoms with Crippen LogP contribution >= 0.6 is 24.0 Å². The minimum Gasteiger partial charge on any atom is -0.493 e. The van der Waals surface area contributed by atoms with Crippen molar-refractivity contribution in [3.8, 4) is 11.5 Å². The fraction of sp³-hybridized carbons (Fsp3) is 0.435. The predicted octanol–water partition coefficient (Wildman–Crippen LogP) is 4.24. The van der Waals surface area contributed by atoms with E-state index in [1.807, 2.05) is 31.3 Å². The Morgan fingerprint density at radius 1 is 1.10 bits per heavy atom. The lowest BCUT2D eigenvalue weighted by Gasteiger charge is -2.25. The fourth-order valence-electron chi connectivity index (χ4n) is 3.59. The van der Waals surface area contributed by atoms with Gasteiger partial charge in [0.1, 0.15) is 5.82 Å². The van der Waals surface area contributed by atoms with Gasteiger partial charge < -0.3 is 19.7 Å². The van der Waals surface area contributed by atoms with Gasteiger partial charge in [0.25, 0.3) is 0 Å². The van der Waals surface area contributed by atoms with Crippen LogP contribution in [0, 0.1) is 5.82 Å². The molecule has 3 rings (SSSR count). The summed E-state index contributed by atoms with van der Waals surface area (Å²) >= 11 is 0. The first-order chi connectivity index (χ1) is 14.0. The number of nitrogens with zero attached hydrogens (tertiary/aromatic N) is 2. The summed E-state index contributed by atoms with van der Waals surface area (Å²) in [4.78, 5) is 6.55. The number of rotatable bonds is 8. The molecular formula is C23H31FIN3O2. The second kappa shape index (κ2) is 10.8. The molecule has 1 fully saturated rings. The molecule has 0 bridgehead atoms. The maximum Gasteiger partial charge on any atom is 0.193 e. The van der Waals surface area contributed by atoms with E-state index in [0.29, 0.717) is 0 Å². The van der Waals surface area contributed by atoms with Crippen LogP contribution in [0.1, 0.15) is 24.0 Å². The first-order valence-corrected chi connectivity index (χ1v) is 9.90. The van der Waals surface area contributed by atoms with Crippen molar-refractivity contribution in [3.63, 3.8) is 0 Å². The molecule has 0 aromatic heterocycles. The molecule has 30 heavy (non-hydrogen) atoms. The maximum atomic E-state index is 13.2. The van der Waals surface area contributed by atoms with Crippen molar-refractivity contribution >= 4 is 29.9 Å². The molecule has 1 aliphatic rings. The van der Waals surface area contributed by atoms with Crippen LogP contribution in [-0.4, -0.2) is 52.3 Å². The van der Waals surface area contributed by atoms with Crippen LogP contribution in [-0.2, 0) is 11.8 Å². The number of nitrogens with one attached hydrogen (secondary N) is 1. The van der Waals surface area contributed by atoms with Gasteiger partial charge in [-0.15, -0.1) is 24.0 Å². The molecule has 0 spiro atoms. The lowest BCUT2D eigenvalue weighted by Crippen LogP contribution is -2.43. The minimum absolute atomic E-state index is 0. The van der Waals surface area contributed by atoms with Gasteiger partial charge in [-0.2, -0.15) is 0 Å². The van der Waals surface area contributed by atoms with E-state index in [0.717, 1.165) is 49.8 Å². The summed E-state index contributed by atoms with van der Waals surface area (Å²) in [6.07, 6.45) is 3.08. The standard InChI is InChI=1S/C23H30FN3O2.HI/c1-25-22(26-16-23(12-13-23)18-6-8-19(24)9-7-18)27(2)14-11-17-5-10-20(28-3)21(15-17)29-4;/h5-10,15H,11-14,16H2,1-4H3,(H,25,26);1H. The van der Waals surface area contributed by atoms with Gasteiger partial charge in [-0.25, -0.2) is 4.39 Å². The summed E-state index contributed by atoms with van der Waals surface area (Å²) < 4.78 is 23.9. The second-order valence-corrected chi connectivity index (χ2v) is 7.55. The molecule has 0 amide bonds. The van der Waals surface area contributed by atoms with Gasteiger partial charge in [-0.3, -0.25) is 4.99 Å². The normalized spacial score (nSPS) is 14.5. The zero-order valence-electron chi connectivity index (χ0n) is 18.1. The van der Waals surface area contributed by atoms with E-state index in [4.69, 9.17) is 9.47 Å². The van der Waals surface area contributed by atoms with E-state index in [1.165, 1.54) is 11.1 Å². The highest BCUT2D eigenvalue weighted by atomic mass is 127. The monoisotopic (exact) mass is 527 g/mol. The van der Waals surface area contributed by atoms with Gasteiger partial charge in [0.15, 0.2) is 17.5 Å². The summed E-state index contributed by atoms with van der Waals surface area (Å²) in [5.74, 6) is 2.14. The van der Waals surface area contributed by atoms with E-state index in [9.17, 15) is 4.39 Å². The van der Waals surface area contributed by atoms with E-state index >= 15 is 0 Å². The van der Waals surface area contributed by atoms with Gasteiger partial charge >= 0.3 is 0 Å². The fourth-order valence-corrected chi connectivity index (χ4v) is 3.59. The maximum absolute atomic E-state index is 13.2. The molecule has 5 nitrogen and oxygen atoms in total. The molecule has 0 heterocycles. The van der Waals surface area contributed by atoms with Crippen LogP contribution in [0.25, 0.3) is 0 Å². The number of hydrogen-bond acceptors (Lipinski definition) is 3. The molecule has 0 atom stereocenters. The summed E-state index contributed by atoms with van der Waals surface area (Å²) in [6, 6.07) is 12.9. The van der Waals surface area contributed by atoms with E-state index in [1.54, 1.807) is 33.4 Å². The van der Waals surface area contributed by atoms with Gasteiger partial charge in [0.05, 0.1) is 14.2 Å². The molecule has 1 N–H and O–H groups in total. The van der Waals surface area contributed by atoms with Crippen LogP contribution < -0.4 is 14.8 Å². The Morgan fingerprint density at radius 3 is 2.33 bits per heavy atom. The number of methoxy groups -OCH3 is 2. The van der Waals surface area contributed by atoms with Crippen molar-refractivity contribution in [2.24, 2.45) is 4.99 Å². The molecule has 0 aliphatic heterocycles. The number of hydrogen-bond donors (Lipinski definition) is 1. The first kappa shape index (κ1) is 24.2. The molecule has 164 valence electrons. The molecule has 0 unspecified atom stereocenters. The number of ether oxygens (including phenoxy) is 2. The van der Waals surface area contributed by atoms with Crippen molar-refractivity contribution in [2.45, 2.75) is 24.7 Å². The van der Waals surface area contributed by atoms with E-state index in [2.05, 4.69) is 21.3 Å². The topological polar surface area (TPSA) is 46.1 Å². The van der Waals surface area contributed by atoms with Crippen LogP contribution in [0.5, 0.6) is 11.5 Å². The lowest BCUT2D eigenvalue weighted by atomic mass is 9.96. The number of guanidine groups is 1. The third-order valence-electron chi connectivity index (χ3n) is 5.65. The number of benzene rings is 2. The SMILES string of the molecule is CN=C(NCC1(c2ccc(F)cc2)CC1)N(C)CCc1ccc(OC)c(OC)c1.I. The zero-order chi connectivity index (χ0) is 20.9. The van der Waals surface area contributed by atoms with Crippen molar-refractivity contribution in [1.82, 2.24) is 10.2 Å². The highest BCUT2D eigenvalue weighted by molar-refractivity contribution is 14.0. The second-order valence-electron chi connectivity index (χ2n) is 7.55. The Labute approximate surface area is 195 Å². The summed E-state index contributed by atoms with van der Waals surface area (Å²) in [5, 5.41) is 3.50. The average molecular weight is 527 g/mol. The highest BCUT2D eigenvalue weighted by Crippen LogP contribution is 2.47. The van der Waals surface area contributed by atoms with Crippen LogP contribution in [0.4, 0.5) is 4.39 Å². The smallest absolute Gasteiger partial charge is 0.193 e. The Balaban J connectivity index is 0.00000320. The van der Waals surface area contributed by atoms with Crippen molar-refractivity contribution in [1.29, 1.82) is 0 Å². The average Bonchev–Trinajstić information content (AvgIpc) is 3.53. The van der Waals surface area contributed by atoms with Gasteiger partial charge in [-0.1, -0.05) is 18.2 Å². The van der Waals surface area contributed by atoms with Crippen molar-refractivity contribution < 1.29 is 13.9 Å². The third-order valence-corrected chi connectivity index (χ3v) is 5.65. The largest absolute Gasteiger partial charge is 0.493 e. The lowest BCUT2D eigenvalue weighted by molar-refractivity contribution is 0.354. The Morgan fingerprint density at radius 2 is 1.77 bits per heavy atom. The predicted molar refractivity (Wildman–Crippen MR) is 130 cm³/mol. The molecule has 7 heteroatoms. The zero-order valence-corrected chi connectivity index (χ0v) is 20.4. The van der Waals surface area contributed by atoms with Crippen molar-refractivity contribution in [3.05, 3.63) is 59.4 Å². The van der Waals surface area contributed by atoms with Crippen LogP contribution in [0.15, 0.2) is 47.5 Å². The molecule has 1 aliphatic carbocycles. The van der Waals surface area contributed by atoms with E-state index < -0.39 is 0 Å². The summed E-state index contributed by atoms with van der Waals surface area (Å²) in [7, 11) is 7.12. The Kier molecular flexibility index (Phi) is 8.76. The number of aliphatic imine (C=N–C) groups is 1. The molecule has 0 saturated heterocycles. The Hall–Kier alpha value is -2.03. The Bertz CT molecular complexity index is 854. The van der Waals surface area contributed by atoms with Crippen LogP contribution in [0.3, 0.4) is 0 Å². The highest BCUT2D eigenvalue weighted by Gasteiger charge is 2.44. The molecule has 2 aromatic rings. The summed E-state index contributed by atoms with van der Waals surface area (Å²) in [6.45, 7) is 1.62. The molecule has 0 radical (unpaired) electrons. The molecular weight excluding hydrogens is 496 g/mol. The third kappa shape index (κ3) is 5.77. The van der Waals surface area contributed by atoms with Gasteiger partial charge in [0, 0.05) is 32.6 Å². The van der Waals surface area contributed by atoms with E-state index in [-0.39, 0.29) is 35.2 Å². The minimum atomic E-state index is -0.191. The number of likely N-dealkylation sites (N-methyl/N-ethyl adjacent to an activating group) is 1. The first-order valence-electron chi connectivity index (χ1n) is 9.90. The van der Waals surface area contributed by atoms with Crippen LogP contribution in [0.2, 0.25) is 0 Å². The molecule has 2 aromatic carbocycles. The quantitative estimate of drug-likeness (QED) is 0.317. The van der Waals surface area contributed by atoms with Gasteiger partial charge in [0.2, 0.25) is 0 Å². The number of halogens is 2. The summed E-state index contributed by atoms with van der Waals surface area (Å²) in [5.41, 5.74) is 2.46. The van der Waals surface area contributed by atoms with Crippen molar-refractivity contribution in [2.75, 3.05) is 41.4 Å². The van der Waals surface area contributed by atoms with Gasteiger partial charge in [-0.05, 0) is 54.7 Å². The molecule has 1 saturated carbocycles.